The van der Waals surface area contributed by atoms with Gasteiger partial charge in [-0.1, -0.05) is 11.6 Å². The van der Waals surface area contributed by atoms with Crippen LogP contribution in [0.2, 0.25) is 5.02 Å². The molecule has 20 heavy (non-hydrogen) atoms. The maximum Gasteiger partial charge on any atom is 0.254 e. The second-order valence-corrected chi connectivity index (χ2v) is 6.37. The maximum absolute atomic E-state index is 12.6. The molecule has 5 heteroatoms. The fraction of sp³-hybridized carbons (Fsp3) is 0.267. The highest BCUT2D eigenvalue weighted by Crippen LogP contribution is 2.34. The molecule has 1 aromatic heterocycles. The van der Waals surface area contributed by atoms with Gasteiger partial charge in [-0.3, -0.25) is 4.79 Å². The lowest BCUT2D eigenvalue weighted by Crippen LogP contribution is -2.38. The van der Waals surface area contributed by atoms with Gasteiger partial charge >= 0.3 is 0 Å². The van der Waals surface area contributed by atoms with Crippen LogP contribution in [-0.4, -0.2) is 17.4 Å². The largest absolute Gasteiger partial charge is 0.398 e. The van der Waals surface area contributed by atoms with Gasteiger partial charge in [0.1, 0.15) is 0 Å². The van der Waals surface area contributed by atoms with Gasteiger partial charge < -0.3 is 10.6 Å². The Bertz CT molecular complexity index is 668. The first-order valence-electron chi connectivity index (χ1n) is 6.50. The van der Waals surface area contributed by atoms with Crippen molar-refractivity contribution in [1.29, 1.82) is 0 Å². The Kier molecular flexibility index (Phi) is 3.44. The first-order valence-corrected chi connectivity index (χ1v) is 7.76. The van der Waals surface area contributed by atoms with E-state index in [1.807, 2.05) is 4.90 Å². The molecule has 0 saturated carbocycles. The van der Waals surface area contributed by atoms with Crippen molar-refractivity contribution in [2.45, 2.75) is 19.4 Å². The highest BCUT2D eigenvalue weighted by molar-refractivity contribution is 7.10. The molecule has 0 spiro atoms. The Morgan fingerprint density at radius 1 is 1.45 bits per heavy atom. The normalized spacial score (nSPS) is 17.9. The molecule has 1 unspecified atom stereocenters. The quantitative estimate of drug-likeness (QED) is 0.816. The minimum Gasteiger partial charge on any atom is -0.398 e. The average Bonchev–Trinajstić information content (AvgIpc) is 2.91. The fourth-order valence-electron chi connectivity index (χ4n) is 2.63. The Hall–Kier alpha value is -1.52. The predicted octanol–water partition coefficient (Wildman–Crippen LogP) is 3.74. The second kappa shape index (κ2) is 5.11. The van der Waals surface area contributed by atoms with Gasteiger partial charge in [0, 0.05) is 17.0 Å². The number of carbonyl (C=O) groups is 1. The van der Waals surface area contributed by atoms with Gasteiger partial charge in [0.25, 0.3) is 5.91 Å². The Morgan fingerprint density at radius 3 is 3.00 bits per heavy atom. The topological polar surface area (TPSA) is 46.3 Å². The van der Waals surface area contributed by atoms with Gasteiger partial charge in [-0.15, -0.1) is 11.3 Å². The first-order chi connectivity index (χ1) is 9.58. The van der Waals surface area contributed by atoms with Crippen molar-refractivity contribution in [3.8, 4) is 0 Å². The molecule has 0 bridgehead atoms. The molecule has 2 N–H and O–H groups in total. The molecule has 1 aliphatic heterocycles. The predicted molar refractivity (Wildman–Crippen MR) is 83.3 cm³/mol. The summed E-state index contributed by atoms with van der Waals surface area (Å²) in [5.41, 5.74) is 8.08. The van der Waals surface area contributed by atoms with Gasteiger partial charge in [0.2, 0.25) is 0 Å². The number of halogens is 1. The average molecular weight is 307 g/mol. The van der Waals surface area contributed by atoms with Crippen LogP contribution in [0.4, 0.5) is 5.69 Å². The number of fused-ring (bicyclic) bond motifs is 1. The molecular weight excluding hydrogens is 292 g/mol. The summed E-state index contributed by atoms with van der Waals surface area (Å²) in [6, 6.07) is 7.28. The van der Waals surface area contributed by atoms with Gasteiger partial charge in [0.15, 0.2) is 0 Å². The van der Waals surface area contributed by atoms with Crippen LogP contribution in [0, 0.1) is 0 Å². The Morgan fingerprint density at radius 2 is 2.25 bits per heavy atom. The first kappa shape index (κ1) is 13.5. The summed E-state index contributed by atoms with van der Waals surface area (Å²) >= 11 is 7.67. The van der Waals surface area contributed by atoms with Crippen LogP contribution in [-0.2, 0) is 6.42 Å². The summed E-state index contributed by atoms with van der Waals surface area (Å²) in [5.74, 6) is 0.0118. The molecule has 1 aromatic carbocycles. The van der Waals surface area contributed by atoms with Crippen LogP contribution in [0.3, 0.4) is 0 Å². The van der Waals surface area contributed by atoms with Crippen molar-refractivity contribution in [1.82, 2.24) is 4.90 Å². The van der Waals surface area contributed by atoms with E-state index < -0.39 is 0 Å². The SMILES string of the molecule is CC1c2ccsc2CCN1C(=O)c1ccc(Cl)c(N)c1. The number of amides is 1. The lowest BCUT2D eigenvalue weighted by Gasteiger charge is -2.33. The number of benzene rings is 1. The van der Waals surface area contributed by atoms with E-state index in [0.29, 0.717) is 16.3 Å². The molecule has 3 nitrogen and oxygen atoms in total. The highest BCUT2D eigenvalue weighted by Gasteiger charge is 2.29. The third-order valence-electron chi connectivity index (χ3n) is 3.78. The van der Waals surface area contributed by atoms with Gasteiger partial charge in [-0.25, -0.2) is 0 Å². The van der Waals surface area contributed by atoms with E-state index in [4.69, 9.17) is 17.3 Å². The molecule has 2 aromatic rings. The summed E-state index contributed by atoms with van der Waals surface area (Å²) in [5, 5.41) is 2.57. The maximum atomic E-state index is 12.6. The van der Waals surface area contributed by atoms with E-state index in [2.05, 4.69) is 18.4 Å². The molecule has 0 saturated heterocycles. The van der Waals surface area contributed by atoms with E-state index in [1.165, 1.54) is 10.4 Å². The number of nitrogen functional groups attached to an aromatic ring is 1. The zero-order chi connectivity index (χ0) is 14.3. The molecule has 0 radical (unpaired) electrons. The van der Waals surface area contributed by atoms with Crippen LogP contribution < -0.4 is 5.73 Å². The molecule has 104 valence electrons. The summed E-state index contributed by atoms with van der Waals surface area (Å²) in [4.78, 5) is 15.9. The zero-order valence-corrected chi connectivity index (χ0v) is 12.7. The zero-order valence-electron chi connectivity index (χ0n) is 11.1. The summed E-state index contributed by atoms with van der Waals surface area (Å²) in [7, 11) is 0. The summed E-state index contributed by atoms with van der Waals surface area (Å²) < 4.78 is 0. The number of carbonyl (C=O) groups excluding carboxylic acids is 1. The van der Waals surface area contributed by atoms with Gasteiger partial charge in [-0.05, 0) is 48.6 Å². The van der Waals surface area contributed by atoms with Crippen LogP contribution in [0.15, 0.2) is 29.6 Å². The molecular formula is C15H15ClN2OS. The summed E-state index contributed by atoms with van der Waals surface area (Å²) in [6.45, 7) is 2.82. The van der Waals surface area contributed by atoms with Crippen molar-refractivity contribution >= 4 is 34.5 Å². The van der Waals surface area contributed by atoms with E-state index in [0.717, 1.165) is 13.0 Å². The van der Waals surface area contributed by atoms with Crippen LogP contribution in [0.25, 0.3) is 0 Å². The molecule has 2 heterocycles. The third-order valence-corrected chi connectivity index (χ3v) is 5.12. The number of thiophene rings is 1. The number of nitrogens with zero attached hydrogens (tertiary/aromatic N) is 1. The van der Waals surface area contributed by atoms with E-state index >= 15 is 0 Å². The van der Waals surface area contributed by atoms with E-state index in [9.17, 15) is 4.79 Å². The lowest BCUT2D eigenvalue weighted by molar-refractivity contribution is 0.0679. The number of nitrogens with two attached hydrogens (primary N) is 1. The minimum atomic E-state index is 0.0118. The fourth-order valence-corrected chi connectivity index (χ4v) is 3.71. The van der Waals surface area contributed by atoms with Crippen LogP contribution >= 0.6 is 22.9 Å². The number of hydrogen-bond donors (Lipinski definition) is 1. The standard InChI is InChI=1S/C15H15ClN2OS/c1-9-11-5-7-20-14(11)4-6-18(9)15(19)10-2-3-12(16)13(17)8-10/h2-3,5,7-9H,4,6,17H2,1H3. The molecule has 0 aliphatic carbocycles. The summed E-state index contributed by atoms with van der Waals surface area (Å²) in [6.07, 6.45) is 0.923. The third kappa shape index (κ3) is 2.19. The van der Waals surface area contributed by atoms with Crippen molar-refractivity contribution in [2.24, 2.45) is 0 Å². The molecule has 3 rings (SSSR count). The molecule has 1 atom stereocenters. The lowest BCUT2D eigenvalue weighted by atomic mass is 10.0. The number of hydrogen-bond acceptors (Lipinski definition) is 3. The van der Waals surface area contributed by atoms with Crippen molar-refractivity contribution in [3.05, 3.63) is 50.7 Å². The van der Waals surface area contributed by atoms with Crippen molar-refractivity contribution < 1.29 is 4.79 Å². The molecule has 0 fully saturated rings. The monoisotopic (exact) mass is 306 g/mol. The molecule has 1 amide bonds. The minimum absolute atomic E-state index is 0.0118. The van der Waals surface area contributed by atoms with Crippen LogP contribution in [0.1, 0.15) is 33.8 Å². The van der Waals surface area contributed by atoms with E-state index in [1.54, 1.807) is 29.5 Å². The Labute approximate surface area is 127 Å². The number of rotatable bonds is 1. The van der Waals surface area contributed by atoms with Gasteiger partial charge in [0.05, 0.1) is 16.8 Å². The highest BCUT2D eigenvalue weighted by atomic mass is 35.5. The van der Waals surface area contributed by atoms with Crippen molar-refractivity contribution in [3.63, 3.8) is 0 Å². The van der Waals surface area contributed by atoms with Crippen LogP contribution in [0.5, 0.6) is 0 Å². The van der Waals surface area contributed by atoms with Gasteiger partial charge in [-0.2, -0.15) is 0 Å². The Balaban J connectivity index is 1.90. The van der Waals surface area contributed by atoms with E-state index in [-0.39, 0.29) is 11.9 Å². The molecule has 1 aliphatic rings. The number of anilines is 1. The second-order valence-electron chi connectivity index (χ2n) is 4.96. The smallest absolute Gasteiger partial charge is 0.254 e. The van der Waals surface area contributed by atoms with Crippen molar-refractivity contribution in [2.75, 3.05) is 12.3 Å².